The lowest BCUT2D eigenvalue weighted by molar-refractivity contribution is 0.668. The molecule has 2 heterocycles. The van der Waals surface area contributed by atoms with E-state index < -0.39 is 0 Å². The number of aliphatic imine (C=N–C) groups is 2. The van der Waals surface area contributed by atoms with Crippen LogP contribution in [-0.2, 0) is 6.54 Å². The van der Waals surface area contributed by atoms with Crippen molar-refractivity contribution in [3.63, 3.8) is 0 Å². The van der Waals surface area contributed by atoms with Gasteiger partial charge in [-0.2, -0.15) is 0 Å². The molecule has 0 spiro atoms. The van der Waals surface area contributed by atoms with Gasteiger partial charge in [0.15, 0.2) is 5.84 Å². The highest BCUT2D eigenvalue weighted by atomic mass is 16.3. The Morgan fingerprint density at radius 3 is 2.12 bits per heavy atom. The fraction of sp³-hybridized carbons (Fsp3) is 0.0233. The molecule has 7 aromatic carbocycles. The summed E-state index contributed by atoms with van der Waals surface area (Å²) in [5.41, 5.74) is 14.9. The van der Waals surface area contributed by atoms with Gasteiger partial charge >= 0.3 is 0 Å². The Morgan fingerprint density at radius 1 is 0.562 bits per heavy atom. The molecular weight excluding hydrogens is 590 g/mol. The minimum Gasteiger partial charge on any atom is -0.456 e. The summed E-state index contributed by atoms with van der Waals surface area (Å²) in [7, 11) is 0. The predicted octanol–water partition coefficient (Wildman–Crippen LogP) is 10.7. The van der Waals surface area contributed by atoms with Crippen LogP contribution in [0.4, 0.5) is 0 Å². The van der Waals surface area contributed by atoms with E-state index in [4.69, 9.17) is 24.6 Å². The van der Waals surface area contributed by atoms with E-state index in [2.05, 4.69) is 84.9 Å². The zero-order valence-electron chi connectivity index (χ0n) is 25.9. The average Bonchev–Trinajstić information content (AvgIpc) is 3.70. The monoisotopic (exact) mass is 619 g/mol. The molecule has 228 valence electrons. The van der Waals surface area contributed by atoms with Crippen molar-refractivity contribution in [2.24, 2.45) is 15.7 Å². The van der Waals surface area contributed by atoms with Gasteiger partial charge in [0, 0.05) is 38.2 Å². The third kappa shape index (κ3) is 4.81. The van der Waals surface area contributed by atoms with E-state index in [-0.39, 0.29) is 0 Å². The summed E-state index contributed by atoms with van der Waals surface area (Å²) in [5.74, 6) is 0.957. The number of hydrogen-bond donors (Lipinski definition) is 1. The van der Waals surface area contributed by atoms with Gasteiger partial charge in [-0.15, -0.1) is 0 Å². The summed E-state index contributed by atoms with van der Waals surface area (Å²) in [5, 5.41) is 6.44. The summed E-state index contributed by atoms with van der Waals surface area (Å²) in [4.78, 5) is 9.78. The van der Waals surface area contributed by atoms with E-state index in [1.54, 1.807) is 0 Å². The fourth-order valence-corrected chi connectivity index (χ4v) is 6.62. The summed E-state index contributed by atoms with van der Waals surface area (Å²) in [6.07, 6.45) is 0. The average molecular weight is 620 g/mol. The first-order chi connectivity index (χ1) is 23.7. The van der Waals surface area contributed by atoms with E-state index >= 15 is 0 Å². The summed E-state index contributed by atoms with van der Waals surface area (Å²) < 4.78 is 13.0. The normalized spacial score (nSPS) is 12.6. The first-order valence-corrected chi connectivity index (χ1v) is 16.0. The van der Waals surface area contributed by atoms with Gasteiger partial charge in [0.1, 0.15) is 28.2 Å². The topological polar surface area (TPSA) is 77.0 Å². The Balaban J connectivity index is 1.14. The number of nitrogens with two attached hydrogens (primary N) is 1. The number of fused-ring (bicyclic) bond motifs is 7. The summed E-state index contributed by atoms with van der Waals surface area (Å²) >= 11 is 0. The third-order valence-corrected chi connectivity index (χ3v) is 8.96. The van der Waals surface area contributed by atoms with Crippen LogP contribution in [0.2, 0.25) is 0 Å². The number of hydrogen-bond acceptors (Lipinski definition) is 3. The molecule has 0 fully saturated rings. The molecule has 0 amide bonds. The molecule has 0 saturated carbocycles. The Bertz CT molecular complexity index is 2700. The van der Waals surface area contributed by atoms with Crippen LogP contribution in [-0.4, -0.2) is 11.7 Å². The maximum Gasteiger partial charge on any atom is 0.157 e. The van der Waals surface area contributed by atoms with E-state index in [1.165, 1.54) is 5.39 Å². The lowest BCUT2D eigenvalue weighted by atomic mass is 9.99. The van der Waals surface area contributed by atoms with Crippen molar-refractivity contribution in [2.75, 3.05) is 0 Å². The molecule has 0 unspecified atom stereocenters. The van der Waals surface area contributed by atoms with E-state index in [0.717, 1.165) is 77.1 Å². The molecule has 0 aliphatic heterocycles. The lowest BCUT2D eigenvalue weighted by Gasteiger charge is -2.07. The SMILES string of the molecule is N/C(=N\C(=N/Cc1ccccc1)c1ccccc1)c1cccc2oc3cc(-c4cccc5c4oc4cc6ccccc6cc45)ccc3c12. The van der Waals surface area contributed by atoms with Crippen LogP contribution in [0, 0.1) is 0 Å². The third-order valence-electron chi connectivity index (χ3n) is 8.96. The van der Waals surface area contributed by atoms with Crippen LogP contribution < -0.4 is 5.73 Å². The molecule has 0 saturated heterocycles. The Kier molecular flexibility index (Phi) is 6.61. The number of amidine groups is 2. The second-order valence-electron chi connectivity index (χ2n) is 12.0. The highest BCUT2D eigenvalue weighted by Crippen LogP contribution is 2.40. The van der Waals surface area contributed by atoms with Gasteiger partial charge in [0.05, 0.1) is 6.54 Å². The smallest absolute Gasteiger partial charge is 0.157 e. The number of furan rings is 2. The van der Waals surface area contributed by atoms with Crippen LogP contribution in [0.5, 0.6) is 0 Å². The van der Waals surface area contributed by atoms with Crippen LogP contribution in [0.25, 0.3) is 65.8 Å². The Labute approximate surface area is 276 Å². The maximum absolute atomic E-state index is 6.79. The van der Waals surface area contributed by atoms with Gasteiger partial charge in [-0.05, 0) is 52.2 Å². The highest BCUT2D eigenvalue weighted by Gasteiger charge is 2.18. The minimum atomic E-state index is 0.377. The van der Waals surface area contributed by atoms with Crippen molar-refractivity contribution in [3.8, 4) is 11.1 Å². The molecular formula is C43H29N3O2. The van der Waals surface area contributed by atoms with Gasteiger partial charge in [-0.25, -0.2) is 4.99 Å². The largest absolute Gasteiger partial charge is 0.456 e. The van der Waals surface area contributed by atoms with Crippen molar-refractivity contribution < 1.29 is 8.83 Å². The molecule has 0 bridgehead atoms. The second-order valence-corrected chi connectivity index (χ2v) is 12.0. The van der Waals surface area contributed by atoms with Crippen molar-refractivity contribution in [1.82, 2.24) is 0 Å². The van der Waals surface area contributed by atoms with Gasteiger partial charge < -0.3 is 14.6 Å². The van der Waals surface area contributed by atoms with Crippen LogP contribution in [0.3, 0.4) is 0 Å². The molecule has 2 N–H and O–H groups in total. The zero-order valence-corrected chi connectivity index (χ0v) is 25.9. The first kappa shape index (κ1) is 27.8. The van der Waals surface area contributed by atoms with Crippen molar-refractivity contribution in [3.05, 3.63) is 168 Å². The number of benzene rings is 7. The lowest BCUT2D eigenvalue weighted by Crippen LogP contribution is -2.16. The number of rotatable bonds is 5. The van der Waals surface area contributed by atoms with Crippen LogP contribution >= 0.6 is 0 Å². The standard InChI is InChI=1S/C43H29N3O2/c44-42(46-43(28-13-5-2-6-14-28)45-26-27-11-3-1-4-12-27)35-19-10-20-37-40(35)34-22-21-31(25-38(34)47-37)32-17-9-18-33-36-23-29-15-7-8-16-30(29)24-39(36)48-41(32)33/h1-25H,26H2,(H2,44,45,46). The molecule has 0 aliphatic rings. The molecule has 0 atom stereocenters. The summed E-state index contributed by atoms with van der Waals surface area (Å²) in [6.45, 7) is 0.498. The molecule has 9 aromatic rings. The van der Waals surface area contributed by atoms with Crippen molar-refractivity contribution in [2.45, 2.75) is 6.54 Å². The molecule has 0 radical (unpaired) electrons. The van der Waals surface area contributed by atoms with E-state index in [0.29, 0.717) is 18.2 Å². The Hall–Kier alpha value is -6.46. The van der Waals surface area contributed by atoms with Gasteiger partial charge in [0.2, 0.25) is 0 Å². The van der Waals surface area contributed by atoms with Gasteiger partial charge in [-0.1, -0.05) is 121 Å². The quantitative estimate of drug-likeness (QED) is 0.154. The highest BCUT2D eigenvalue weighted by molar-refractivity contribution is 6.21. The molecule has 48 heavy (non-hydrogen) atoms. The predicted molar refractivity (Wildman–Crippen MR) is 198 cm³/mol. The van der Waals surface area contributed by atoms with Crippen LogP contribution in [0.1, 0.15) is 16.7 Å². The maximum atomic E-state index is 6.79. The van der Waals surface area contributed by atoms with Crippen molar-refractivity contribution >= 4 is 66.3 Å². The molecule has 9 rings (SSSR count). The molecule has 2 aromatic heterocycles. The van der Waals surface area contributed by atoms with Crippen LogP contribution in [0.15, 0.2) is 170 Å². The molecule has 0 aliphatic carbocycles. The minimum absolute atomic E-state index is 0.377. The van der Waals surface area contributed by atoms with Gasteiger partial charge in [-0.3, -0.25) is 4.99 Å². The second kappa shape index (κ2) is 11.4. The summed E-state index contributed by atoms with van der Waals surface area (Å²) in [6, 6.07) is 51.3. The first-order valence-electron chi connectivity index (χ1n) is 16.0. The van der Waals surface area contributed by atoms with Gasteiger partial charge in [0.25, 0.3) is 0 Å². The number of nitrogens with zero attached hydrogens (tertiary/aromatic N) is 2. The number of para-hydroxylation sites is 1. The van der Waals surface area contributed by atoms with E-state index in [9.17, 15) is 0 Å². The Morgan fingerprint density at radius 2 is 1.29 bits per heavy atom. The zero-order chi connectivity index (χ0) is 32.0. The van der Waals surface area contributed by atoms with Crippen molar-refractivity contribution in [1.29, 1.82) is 0 Å². The molecule has 5 nitrogen and oxygen atoms in total. The molecule has 5 heteroatoms. The van der Waals surface area contributed by atoms with E-state index in [1.807, 2.05) is 66.7 Å². The fourth-order valence-electron chi connectivity index (χ4n) is 6.62.